The Morgan fingerprint density at radius 1 is 1.17 bits per heavy atom. The van der Waals surface area contributed by atoms with Crippen LogP contribution in [0.15, 0.2) is 42.5 Å². The van der Waals surface area contributed by atoms with E-state index in [1.807, 2.05) is 38.2 Å². The van der Waals surface area contributed by atoms with E-state index in [-0.39, 0.29) is 11.9 Å². The quantitative estimate of drug-likeness (QED) is 0.799. The number of nitrogens with one attached hydrogen (secondary N) is 1. The molecular formula is C17H17ClN4O. The largest absolute Gasteiger partial charge is 0.339 e. The number of fused-ring (bicyclic) bond motifs is 1. The lowest BCUT2D eigenvalue weighted by atomic mass is 10.1. The Morgan fingerprint density at radius 3 is 2.61 bits per heavy atom. The molecule has 0 fully saturated rings. The van der Waals surface area contributed by atoms with Gasteiger partial charge in [0.1, 0.15) is 11.0 Å². The summed E-state index contributed by atoms with van der Waals surface area (Å²) in [6, 6.07) is 13.1. The summed E-state index contributed by atoms with van der Waals surface area (Å²) in [7, 11) is 1.82. The van der Waals surface area contributed by atoms with Crippen LogP contribution in [0.4, 0.5) is 0 Å². The van der Waals surface area contributed by atoms with Crippen LogP contribution in [0.1, 0.15) is 22.8 Å². The second-order valence-corrected chi connectivity index (χ2v) is 6.06. The molecule has 23 heavy (non-hydrogen) atoms. The molecule has 1 N–H and O–H groups in total. The first-order valence-electron chi connectivity index (χ1n) is 7.37. The monoisotopic (exact) mass is 328 g/mol. The summed E-state index contributed by atoms with van der Waals surface area (Å²) in [5.41, 5.74) is 3.19. The van der Waals surface area contributed by atoms with Crippen LogP contribution < -0.4 is 0 Å². The van der Waals surface area contributed by atoms with E-state index in [4.69, 9.17) is 11.6 Å². The lowest BCUT2D eigenvalue weighted by molar-refractivity contribution is 0.0743. The molecule has 0 radical (unpaired) electrons. The van der Waals surface area contributed by atoms with Crippen molar-refractivity contribution in [2.75, 3.05) is 7.05 Å². The van der Waals surface area contributed by atoms with Gasteiger partial charge in [0.15, 0.2) is 0 Å². The second kappa shape index (κ2) is 6.38. The lowest BCUT2D eigenvalue weighted by Gasteiger charge is -2.25. The second-order valence-electron chi connectivity index (χ2n) is 5.62. The molecule has 0 unspecified atom stereocenters. The van der Waals surface area contributed by atoms with E-state index in [0.717, 1.165) is 17.5 Å². The number of hydrogen-bond acceptors (Lipinski definition) is 3. The van der Waals surface area contributed by atoms with E-state index in [1.54, 1.807) is 23.1 Å². The van der Waals surface area contributed by atoms with Crippen molar-refractivity contribution in [3.63, 3.8) is 0 Å². The van der Waals surface area contributed by atoms with Crippen LogP contribution in [0.5, 0.6) is 0 Å². The van der Waals surface area contributed by atoms with Gasteiger partial charge in [0.05, 0.1) is 0 Å². The van der Waals surface area contributed by atoms with E-state index in [9.17, 15) is 4.79 Å². The van der Waals surface area contributed by atoms with Crippen molar-refractivity contribution in [1.29, 1.82) is 0 Å². The van der Waals surface area contributed by atoms with Crippen molar-refractivity contribution in [2.24, 2.45) is 0 Å². The van der Waals surface area contributed by atoms with Gasteiger partial charge in [0, 0.05) is 23.7 Å². The molecule has 0 aliphatic rings. The minimum absolute atomic E-state index is 0.0311. The standard InChI is InChI=1S/C17H17ClN4O/c1-11(9-12-3-6-14(18)7-4-12)22(2)17(23)13-5-8-15-16(10-13)20-21-19-15/h3-8,10-11H,9H2,1-2H3,(H,19,20,21)/t11-/m1/s1. The molecule has 0 saturated heterocycles. The van der Waals surface area contributed by atoms with Crippen LogP contribution in [-0.2, 0) is 6.42 Å². The summed E-state index contributed by atoms with van der Waals surface area (Å²) in [5.74, 6) is -0.0311. The van der Waals surface area contributed by atoms with Crippen molar-refractivity contribution < 1.29 is 4.79 Å². The molecule has 1 heterocycles. The molecule has 0 spiro atoms. The van der Waals surface area contributed by atoms with Crippen LogP contribution in [0.2, 0.25) is 5.02 Å². The van der Waals surface area contributed by atoms with Crippen molar-refractivity contribution >= 4 is 28.5 Å². The summed E-state index contributed by atoms with van der Waals surface area (Å²) in [6.07, 6.45) is 0.769. The third-order valence-electron chi connectivity index (χ3n) is 3.99. The van der Waals surface area contributed by atoms with E-state index in [1.165, 1.54) is 0 Å². The molecule has 0 aliphatic carbocycles. The van der Waals surface area contributed by atoms with Crippen LogP contribution >= 0.6 is 11.6 Å². The Kier molecular flexibility index (Phi) is 4.30. The smallest absolute Gasteiger partial charge is 0.253 e. The highest BCUT2D eigenvalue weighted by Crippen LogP contribution is 2.16. The molecule has 1 amide bonds. The average Bonchev–Trinajstić information content (AvgIpc) is 3.03. The van der Waals surface area contributed by atoms with Crippen LogP contribution in [0.3, 0.4) is 0 Å². The van der Waals surface area contributed by atoms with E-state index < -0.39 is 0 Å². The zero-order valence-corrected chi connectivity index (χ0v) is 13.7. The Labute approximate surface area is 139 Å². The maximum Gasteiger partial charge on any atom is 0.253 e. The number of aromatic nitrogens is 3. The summed E-state index contributed by atoms with van der Waals surface area (Å²) in [4.78, 5) is 14.4. The molecule has 118 valence electrons. The predicted molar refractivity (Wildman–Crippen MR) is 90.6 cm³/mol. The van der Waals surface area contributed by atoms with Crippen LogP contribution in [0.25, 0.3) is 11.0 Å². The van der Waals surface area contributed by atoms with Gasteiger partial charge in [0.25, 0.3) is 5.91 Å². The SMILES string of the molecule is C[C@H](Cc1ccc(Cl)cc1)N(C)C(=O)c1ccc2n[nH]nc2c1. The molecule has 0 saturated carbocycles. The fourth-order valence-electron chi connectivity index (χ4n) is 2.48. The molecule has 0 aliphatic heterocycles. The van der Waals surface area contributed by atoms with Gasteiger partial charge in [-0.15, -0.1) is 0 Å². The van der Waals surface area contributed by atoms with Crippen molar-refractivity contribution in [2.45, 2.75) is 19.4 Å². The number of benzene rings is 2. The Hall–Kier alpha value is -2.40. The maximum absolute atomic E-state index is 12.6. The minimum atomic E-state index is -0.0311. The first-order valence-corrected chi connectivity index (χ1v) is 7.74. The average molecular weight is 329 g/mol. The molecule has 1 aromatic heterocycles. The van der Waals surface area contributed by atoms with Gasteiger partial charge < -0.3 is 4.90 Å². The Bertz CT molecular complexity index is 828. The van der Waals surface area contributed by atoms with Crippen molar-refractivity contribution in [3.05, 3.63) is 58.6 Å². The Morgan fingerprint density at radius 2 is 1.87 bits per heavy atom. The van der Waals surface area contributed by atoms with Gasteiger partial charge in [-0.3, -0.25) is 4.79 Å². The van der Waals surface area contributed by atoms with Gasteiger partial charge in [-0.2, -0.15) is 15.4 Å². The van der Waals surface area contributed by atoms with Gasteiger partial charge in [0.2, 0.25) is 0 Å². The number of H-pyrrole nitrogens is 1. The molecule has 2 aromatic carbocycles. The minimum Gasteiger partial charge on any atom is -0.339 e. The van der Waals surface area contributed by atoms with Crippen molar-refractivity contribution in [3.8, 4) is 0 Å². The highest BCUT2D eigenvalue weighted by atomic mass is 35.5. The molecule has 1 atom stereocenters. The number of aromatic amines is 1. The molecule has 5 nitrogen and oxygen atoms in total. The summed E-state index contributed by atoms with van der Waals surface area (Å²) in [5, 5.41) is 11.3. The summed E-state index contributed by atoms with van der Waals surface area (Å²) in [6.45, 7) is 2.03. The number of hydrogen-bond donors (Lipinski definition) is 1. The third-order valence-corrected chi connectivity index (χ3v) is 4.24. The first kappa shape index (κ1) is 15.5. The van der Waals surface area contributed by atoms with Crippen molar-refractivity contribution in [1.82, 2.24) is 20.3 Å². The molecule has 3 aromatic rings. The van der Waals surface area contributed by atoms with E-state index in [0.29, 0.717) is 16.1 Å². The lowest BCUT2D eigenvalue weighted by Crippen LogP contribution is -2.36. The van der Waals surface area contributed by atoms with E-state index in [2.05, 4.69) is 15.4 Å². The fourth-order valence-corrected chi connectivity index (χ4v) is 2.60. The van der Waals surface area contributed by atoms with Crippen LogP contribution in [0, 0.1) is 0 Å². The highest BCUT2D eigenvalue weighted by molar-refractivity contribution is 6.30. The molecular weight excluding hydrogens is 312 g/mol. The highest BCUT2D eigenvalue weighted by Gasteiger charge is 2.18. The van der Waals surface area contributed by atoms with E-state index >= 15 is 0 Å². The number of rotatable bonds is 4. The maximum atomic E-state index is 12.6. The first-order chi connectivity index (χ1) is 11.0. The normalized spacial score (nSPS) is 12.3. The number of likely N-dealkylation sites (N-methyl/N-ethyl adjacent to an activating group) is 1. The number of halogens is 1. The summed E-state index contributed by atoms with van der Waals surface area (Å²) < 4.78 is 0. The zero-order chi connectivity index (χ0) is 16.4. The topological polar surface area (TPSA) is 61.9 Å². The molecule has 0 bridgehead atoms. The number of nitrogens with zero attached hydrogens (tertiary/aromatic N) is 3. The Balaban J connectivity index is 1.73. The number of amides is 1. The predicted octanol–water partition coefficient (Wildman–Crippen LogP) is 3.31. The van der Waals surface area contributed by atoms with Gasteiger partial charge in [-0.1, -0.05) is 23.7 Å². The van der Waals surface area contributed by atoms with Crippen LogP contribution in [-0.4, -0.2) is 39.3 Å². The van der Waals surface area contributed by atoms with Gasteiger partial charge in [-0.25, -0.2) is 0 Å². The summed E-state index contributed by atoms with van der Waals surface area (Å²) >= 11 is 5.90. The number of carbonyl (C=O) groups excluding carboxylic acids is 1. The van der Waals surface area contributed by atoms with Gasteiger partial charge >= 0.3 is 0 Å². The molecule has 3 rings (SSSR count). The fraction of sp³-hybridized carbons (Fsp3) is 0.235. The molecule has 6 heteroatoms. The third kappa shape index (κ3) is 3.35. The van der Waals surface area contributed by atoms with Gasteiger partial charge in [-0.05, 0) is 49.2 Å². The zero-order valence-electron chi connectivity index (χ0n) is 13.0. The number of carbonyl (C=O) groups is 1.